The maximum Gasteiger partial charge on any atom is 0.212 e. The second-order valence-corrected chi connectivity index (χ2v) is 5.37. The van der Waals surface area contributed by atoms with Crippen LogP contribution >= 0.6 is 0 Å². The molecule has 0 saturated carbocycles. The van der Waals surface area contributed by atoms with Crippen molar-refractivity contribution in [1.82, 2.24) is 0 Å². The van der Waals surface area contributed by atoms with Gasteiger partial charge in [0.15, 0.2) is 11.5 Å². The van der Waals surface area contributed by atoms with E-state index in [0.717, 1.165) is 0 Å². The first-order valence-electron chi connectivity index (χ1n) is 7.04. The molecule has 2 heterocycles. The Morgan fingerprint density at radius 2 is 1.86 bits per heavy atom. The molecule has 1 aromatic rings. The molecule has 1 aromatic carbocycles. The predicted octanol–water partition coefficient (Wildman–Crippen LogP) is -1.33. The lowest BCUT2D eigenvalue weighted by Crippen LogP contribution is -2.63. The summed E-state index contributed by atoms with van der Waals surface area (Å²) in [7, 11) is 0. The molecule has 1 saturated heterocycles. The molecule has 2 aliphatic heterocycles. The summed E-state index contributed by atoms with van der Waals surface area (Å²) in [4.78, 5) is 0. The highest BCUT2D eigenvalue weighted by Crippen LogP contribution is 2.33. The Morgan fingerprint density at radius 3 is 2.64 bits per heavy atom. The monoisotopic (exact) mass is 313 g/mol. The normalized spacial score (nSPS) is 34.3. The van der Waals surface area contributed by atoms with E-state index in [1.807, 2.05) is 0 Å². The van der Waals surface area contributed by atoms with Gasteiger partial charge in [0.05, 0.1) is 13.2 Å². The van der Waals surface area contributed by atoms with Crippen molar-refractivity contribution >= 4 is 5.69 Å². The van der Waals surface area contributed by atoms with Crippen LogP contribution in [0.1, 0.15) is 0 Å². The highest BCUT2D eigenvalue weighted by atomic mass is 16.6. The molecule has 8 heteroatoms. The summed E-state index contributed by atoms with van der Waals surface area (Å²) in [6, 6.07) is 5.17. The fourth-order valence-electron chi connectivity index (χ4n) is 2.43. The van der Waals surface area contributed by atoms with Crippen LogP contribution in [0.25, 0.3) is 0 Å². The molecule has 0 bridgehead atoms. The highest BCUT2D eigenvalue weighted by molar-refractivity contribution is 5.55. The molecule has 0 aliphatic carbocycles. The summed E-state index contributed by atoms with van der Waals surface area (Å²) in [6.45, 7) is 0.529. The molecule has 0 unspecified atom stereocenters. The molecule has 0 radical (unpaired) electrons. The van der Waals surface area contributed by atoms with Crippen molar-refractivity contribution in [3.8, 4) is 11.5 Å². The van der Waals surface area contributed by atoms with Gasteiger partial charge in [0.2, 0.25) is 5.79 Å². The Hall–Kier alpha value is -1.58. The molecular formula is C14H19NO7. The maximum absolute atomic E-state index is 10.3. The van der Waals surface area contributed by atoms with Crippen LogP contribution < -0.4 is 14.8 Å². The summed E-state index contributed by atoms with van der Waals surface area (Å²) in [5.74, 6) is -0.766. The van der Waals surface area contributed by atoms with Crippen molar-refractivity contribution in [2.45, 2.75) is 24.1 Å². The van der Waals surface area contributed by atoms with E-state index in [9.17, 15) is 20.4 Å². The van der Waals surface area contributed by atoms with E-state index >= 15 is 0 Å². The Morgan fingerprint density at radius 1 is 1.14 bits per heavy atom. The largest absolute Gasteiger partial charge is 0.486 e. The third-order valence-electron chi connectivity index (χ3n) is 3.77. The molecule has 2 aliphatic rings. The van der Waals surface area contributed by atoms with E-state index in [-0.39, 0.29) is 13.2 Å². The number of fused-ring (bicyclic) bond motifs is 1. The zero-order chi connectivity index (χ0) is 15.7. The van der Waals surface area contributed by atoms with Gasteiger partial charge in [-0.1, -0.05) is 0 Å². The number of aliphatic hydroxyl groups excluding tert-OH is 3. The molecule has 3 rings (SSSR count). The summed E-state index contributed by atoms with van der Waals surface area (Å²) >= 11 is 0. The smallest absolute Gasteiger partial charge is 0.212 e. The van der Waals surface area contributed by atoms with Gasteiger partial charge >= 0.3 is 0 Å². The molecule has 122 valence electrons. The lowest BCUT2D eigenvalue weighted by molar-refractivity contribution is -0.313. The number of benzene rings is 1. The second-order valence-electron chi connectivity index (χ2n) is 5.37. The Balaban J connectivity index is 1.67. The van der Waals surface area contributed by atoms with Crippen molar-refractivity contribution in [2.24, 2.45) is 0 Å². The van der Waals surface area contributed by atoms with Gasteiger partial charge in [0, 0.05) is 11.8 Å². The Kier molecular flexibility index (Phi) is 4.11. The van der Waals surface area contributed by atoms with Crippen molar-refractivity contribution < 1.29 is 34.6 Å². The quantitative estimate of drug-likeness (QED) is 0.465. The maximum atomic E-state index is 10.3. The van der Waals surface area contributed by atoms with Crippen LogP contribution in [0.3, 0.4) is 0 Å². The Labute approximate surface area is 126 Å². The van der Waals surface area contributed by atoms with E-state index < -0.39 is 24.1 Å². The highest BCUT2D eigenvalue weighted by Gasteiger charge is 2.48. The van der Waals surface area contributed by atoms with Crippen LogP contribution in [-0.4, -0.2) is 70.9 Å². The lowest BCUT2D eigenvalue weighted by atomic mass is 9.97. The Bertz CT molecular complexity index is 540. The average Bonchev–Trinajstić information content (AvgIpc) is 2.55. The SMILES string of the molecule is O[C@@H]1[C@H](O)CO[C@](O)(CNc2ccc3c(c2)OCCO3)[C@H]1O. The fourth-order valence-corrected chi connectivity index (χ4v) is 2.43. The van der Waals surface area contributed by atoms with Gasteiger partial charge in [0.1, 0.15) is 31.5 Å². The van der Waals surface area contributed by atoms with Gasteiger partial charge < -0.3 is 40.0 Å². The van der Waals surface area contributed by atoms with E-state index in [1.54, 1.807) is 18.2 Å². The summed E-state index contributed by atoms with van der Waals surface area (Å²) < 4.78 is 15.9. The minimum atomic E-state index is -1.99. The first-order valence-corrected chi connectivity index (χ1v) is 7.04. The van der Waals surface area contributed by atoms with Gasteiger partial charge in [-0.15, -0.1) is 0 Å². The van der Waals surface area contributed by atoms with Gasteiger partial charge in [-0.3, -0.25) is 0 Å². The molecule has 8 nitrogen and oxygen atoms in total. The molecule has 5 N–H and O–H groups in total. The number of ether oxygens (including phenoxy) is 3. The van der Waals surface area contributed by atoms with Gasteiger partial charge in [-0.25, -0.2) is 0 Å². The summed E-state index contributed by atoms with van der Waals surface area (Å²) in [6.07, 6.45) is -4.33. The minimum absolute atomic E-state index is 0.169. The molecule has 4 atom stereocenters. The fraction of sp³-hybridized carbons (Fsp3) is 0.571. The summed E-state index contributed by atoms with van der Waals surface area (Å²) in [5, 5.41) is 42.1. The lowest BCUT2D eigenvalue weighted by Gasteiger charge is -2.41. The van der Waals surface area contributed by atoms with Crippen LogP contribution in [0.5, 0.6) is 11.5 Å². The second kappa shape index (κ2) is 5.90. The molecule has 22 heavy (non-hydrogen) atoms. The van der Waals surface area contributed by atoms with Crippen molar-refractivity contribution in [1.29, 1.82) is 0 Å². The first-order chi connectivity index (χ1) is 10.5. The van der Waals surface area contributed by atoms with Crippen LogP contribution in [0, 0.1) is 0 Å². The van der Waals surface area contributed by atoms with Crippen LogP contribution in [0.15, 0.2) is 18.2 Å². The number of anilines is 1. The molecule has 0 aromatic heterocycles. The zero-order valence-corrected chi connectivity index (χ0v) is 11.8. The minimum Gasteiger partial charge on any atom is -0.486 e. The number of aliphatic hydroxyl groups is 4. The van der Waals surface area contributed by atoms with Crippen molar-refractivity contribution in [3.63, 3.8) is 0 Å². The van der Waals surface area contributed by atoms with Crippen LogP contribution in [0.2, 0.25) is 0 Å². The van der Waals surface area contributed by atoms with Gasteiger partial charge in [-0.05, 0) is 12.1 Å². The van der Waals surface area contributed by atoms with Crippen LogP contribution in [0.4, 0.5) is 5.69 Å². The molecule has 0 spiro atoms. The predicted molar refractivity (Wildman–Crippen MR) is 74.8 cm³/mol. The van der Waals surface area contributed by atoms with Crippen LogP contribution in [-0.2, 0) is 4.74 Å². The van der Waals surface area contributed by atoms with Crippen molar-refractivity contribution in [3.05, 3.63) is 18.2 Å². The average molecular weight is 313 g/mol. The third kappa shape index (κ3) is 2.83. The van der Waals surface area contributed by atoms with E-state index in [1.165, 1.54) is 0 Å². The number of hydrogen-bond donors (Lipinski definition) is 5. The molecular weight excluding hydrogens is 294 g/mol. The van der Waals surface area contributed by atoms with Gasteiger partial charge in [-0.2, -0.15) is 0 Å². The van der Waals surface area contributed by atoms with E-state index in [2.05, 4.69) is 5.32 Å². The first kappa shape index (κ1) is 15.3. The summed E-state index contributed by atoms with van der Waals surface area (Å²) in [5.41, 5.74) is 0.633. The molecule has 1 fully saturated rings. The van der Waals surface area contributed by atoms with Crippen molar-refractivity contribution in [2.75, 3.05) is 31.7 Å². The molecule has 0 amide bonds. The van der Waals surface area contributed by atoms with E-state index in [0.29, 0.717) is 30.4 Å². The number of hydrogen-bond acceptors (Lipinski definition) is 8. The van der Waals surface area contributed by atoms with E-state index in [4.69, 9.17) is 14.2 Å². The number of nitrogens with one attached hydrogen (secondary N) is 1. The third-order valence-corrected chi connectivity index (χ3v) is 3.77. The van der Waals surface area contributed by atoms with Gasteiger partial charge in [0.25, 0.3) is 0 Å². The topological polar surface area (TPSA) is 121 Å². The standard InChI is InChI=1S/C14H19NO7/c16-9-6-22-14(19,13(18)12(9)17)7-15-8-1-2-10-11(5-8)21-4-3-20-10/h1-2,5,9,12-13,15-19H,3-4,6-7H2/t9-,12-,13+,14-/m1/s1. The number of rotatable bonds is 3. The zero-order valence-electron chi connectivity index (χ0n) is 11.8.